The average molecular weight is 1210 g/mol. The highest BCUT2D eigenvalue weighted by atomic mass is 16.7. The van der Waals surface area contributed by atoms with Gasteiger partial charge < -0.3 is 45.1 Å². The van der Waals surface area contributed by atoms with Crippen LogP contribution in [0.3, 0.4) is 0 Å². The Morgan fingerprint density at radius 1 is 0.460 bits per heavy atom. The lowest BCUT2D eigenvalue weighted by Gasteiger charge is -2.41. The minimum atomic E-state index is -1.63. The van der Waals surface area contributed by atoms with Crippen LogP contribution >= 0.6 is 0 Å². The predicted molar refractivity (Wildman–Crippen MR) is 365 cm³/mol. The second-order valence-electron chi connectivity index (χ2n) is 23.5. The number of aliphatic hydroxyl groups excluding tert-OH is 5. The first kappa shape index (κ1) is 80.8. The van der Waals surface area contributed by atoms with Gasteiger partial charge in [0.2, 0.25) is 5.91 Å². The molecule has 0 radical (unpaired) electrons. The molecule has 1 heterocycles. The van der Waals surface area contributed by atoms with Crippen LogP contribution in [-0.4, -0.2) is 99.6 Å². The summed E-state index contributed by atoms with van der Waals surface area (Å²) >= 11 is 0. The molecule has 11 heteroatoms. The smallest absolute Gasteiger partial charge is 0.306 e. The van der Waals surface area contributed by atoms with E-state index in [0.717, 1.165) is 161 Å². The molecule has 0 aromatic heterocycles. The van der Waals surface area contributed by atoms with E-state index >= 15 is 0 Å². The zero-order valence-corrected chi connectivity index (χ0v) is 55.1. The number of carbonyl (C=O) groups is 2. The highest BCUT2D eigenvalue weighted by Crippen LogP contribution is 2.26. The molecular weight excluding hydrogens is 1090 g/mol. The molecule has 87 heavy (non-hydrogen) atoms. The lowest BCUT2D eigenvalue weighted by Crippen LogP contribution is -2.61. The molecule has 1 saturated heterocycles. The van der Waals surface area contributed by atoms with E-state index in [2.05, 4.69) is 148 Å². The number of esters is 1. The van der Waals surface area contributed by atoms with Crippen LogP contribution in [0.25, 0.3) is 0 Å². The van der Waals surface area contributed by atoms with Gasteiger partial charge >= 0.3 is 5.97 Å². The summed E-state index contributed by atoms with van der Waals surface area (Å²) in [4.78, 5) is 26.7. The number of ether oxygens (including phenoxy) is 3. The van der Waals surface area contributed by atoms with Crippen molar-refractivity contribution in [3.63, 3.8) is 0 Å². The lowest BCUT2D eigenvalue weighted by molar-refractivity contribution is -0.305. The maximum absolute atomic E-state index is 13.5. The van der Waals surface area contributed by atoms with E-state index in [0.29, 0.717) is 12.8 Å². The Bertz CT molecular complexity index is 1930. The molecule has 1 aliphatic rings. The van der Waals surface area contributed by atoms with E-state index < -0.39 is 67.4 Å². The van der Waals surface area contributed by atoms with Crippen LogP contribution < -0.4 is 5.32 Å². The predicted octanol–water partition coefficient (Wildman–Crippen LogP) is 18.0. The molecule has 1 amide bonds. The fraction of sp³-hybridized carbons (Fsp3) is 0.684. The van der Waals surface area contributed by atoms with Crippen LogP contribution in [0.5, 0.6) is 0 Å². The molecule has 6 N–H and O–H groups in total. The van der Waals surface area contributed by atoms with Crippen LogP contribution in [0, 0.1) is 0 Å². The number of amides is 1. The van der Waals surface area contributed by atoms with Crippen LogP contribution in [0.15, 0.2) is 134 Å². The van der Waals surface area contributed by atoms with E-state index in [1.54, 1.807) is 6.08 Å². The van der Waals surface area contributed by atoms with Gasteiger partial charge in [0.25, 0.3) is 0 Å². The van der Waals surface area contributed by atoms with Crippen LogP contribution in [0.2, 0.25) is 0 Å². The zero-order valence-electron chi connectivity index (χ0n) is 55.1. The third-order valence-electron chi connectivity index (χ3n) is 15.5. The monoisotopic (exact) mass is 1210 g/mol. The highest BCUT2D eigenvalue weighted by Gasteiger charge is 2.47. The summed E-state index contributed by atoms with van der Waals surface area (Å²) in [5.74, 6) is -1.23. The highest BCUT2D eigenvalue weighted by molar-refractivity contribution is 5.80. The number of carbonyl (C=O) groups excluding carboxylic acids is 2. The first-order chi connectivity index (χ1) is 42.7. The summed E-state index contributed by atoms with van der Waals surface area (Å²) in [5, 5.41) is 57.2. The molecule has 0 saturated carbocycles. The topological polar surface area (TPSA) is 175 Å². The first-order valence-corrected chi connectivity index (χ1v) is 35.0. The third-order valence-corrected chi connectivity index (χ3v) is 15.5. The van der Waals surface area contributed by atoms with Crippen molar-refractivity contribution in [2.45, 2.75) is 320 Å². The van der Waals surface area contributed by atoms with Crippen molar-refractivity contribution >= 4 is 11.9 Å². The summed E-state index contributed by atoms with van der Waals surface area (Å²) in [6.45, 7) is 5.63. The van der Waals surface area contributed by atoms with Gasteiger partial charge in [0.1, 0.15) is 24.4 Å². The fourth-order valence-corrected chi connectivity index (χ4v) is 10.0. The summed E-state index contributed by atoms with van der Waals surface area (Å²) in [6, 6.07) is -1.05. The third kappa shape index (κ3) is 49.3. The van der Waals surface area contributed by atoms with Crippen LogP contribution in [-0.2, 0) is 23.8 Å². The van der Waals surface area contributed by atoms with Gasteiger partial charge in [-0.2, -0.15) is 0 Å². The summed E-state index contributed by atoms with van der Waals surface area (Å²) in [6.07, 6.45) is 77.6. The number of unbranched alkanes of at least 4 members (excludes halogenated alkanes) is 24. The standard InChI is InChI=1S/C76H127NO10/c1-4-7-10-13-16-19-22-24-26-28-30-32-34-36-37-39-41-43-45-48-51-54-57-60-63-69(80)75(84)77-67(68(79)62-59-56-53-50-47-21-18-15-12-9-6-3)66-85-76-74(73(83)72(82)70(65-78)86-76)87-71(81)64-61-58-55-52-49-46-44-42-40-38-35-33-31-29-27-25-23-20-17-14-11-8-5-2/h7,10,16-17,19-20,24-27,30-33,36-38,40-41,43,59,62,67-70,72-74,76,78-80,82-83H,4-6,8-9,11-15,18,21-23,28-29,34-35,39,42,44-58,60-61,63-66H2,1-3H3,(H,77,84)/b10-7-,19-16-,20-17-,26-24-,27-25-,32-30-,33-31-,37-36-,40-38-,43-41-,62-59+. The fourth-order valence-electron chi connectivity index (χ4n) is 10.0. The van der Waals surface area contributed by atoms with Crippen molar-refractivity contribution in [2.75, 3.05) is 13.2 Å². The van der Waals surface area contributed by atoms with Gasteiger partial charge in [0, 0.05) is 6.42 Å². The Morgan fingerprint density at radius 3 is 1.26 bits per heavy atom. The number of allylic oxidation sites excluding steroid dienone is 21. The van der Waals surface area contributed by atoms with Crippen molar-refractivity contribution < 1.29 is 49.3 Å². The van der Waals surface area contributed by atoms with E-state index in [1.807, 2.05) is 6.08 Å². The normalized spacial score (nSPS) is 19.1. The van der Waals surface area contributed by atoms with Crippen molar-refractivity contribution in [1.29, 1.82) is 0 Å². The molecule has 8 unspecified atom stereocenters. The van der Waals surface area contributed by atoms with Crippen molar-refractivity contribution in [1.82, 2.24) is 5.32 Å². The molecule has 0 aromatic rings. The second kappa shape index (κ2) is 62.0. The minimum absolute atomic E-state index is 0.102. The molecule has 8 atom stereocenters. The molecule has 0 spiro atoms. The van der Waals surface area contributed by atoms with Crippen LogP contribution in [0.1, 0.15) is 271 Å². The molecule has 496 valence electrons. The summed E-state index contributed by atoms with van der Waals surface area (Å²) in [7, 11) is 0. The summed E-state index contributed by atoms with van der Waals surface area (Å²) in [5.41, 5.74) is 0. The van der Waals surface area contributed by atoms with Crippen molar-refractivity contribution in [3.8, 4) is 0 Å². The van der Waals surface area contributed by atoms with E-state index in [-0.39, 0.29) is 19.4 Å². The minimum Gasteiger partial charge on any atom is -0.454 e. The Kier molecular flexibility index (Phi) is 57.6. The molecule has 1 aliphatic heterocycles. The summed E-state index contributed by atoms with van der Waals surface area (Å²) < 4.78 is 17.7. The van der Waals surface area contributed by atoms with Gasteiger partial charge in [-0.15, -0.1) is 0 Å². The maximum Gasteiger partial charge on any atom is 0.306 e. The Hall–Kier alpha value is -4.20. The number of aliphatic hydroxyl groups is 5. The first-order valence-electron chi connectivity index (χ1n) is 35.0. The zero-order chi connectivity index (χ0) is 63.1. The van der Waals surface area contributed by atoms with Crippen molar-refractivity contribution in [3.05, 3.63) is 134 Å². The number of rotatable bonds is 58. The van der Waals surface area contributed by atoms with Crippen molar-refractivity contribution in [2.24, 2.45) is 0 Å². The Balaban J connectivity index is 2.61. The molecule has 1 rings (SSSR count). The largest absolute Gasteiger partial charge is 0.454 e. The van der Waals surface area contributed by atoms with Gasteiger partial charge in [-0.3, -0.25) is 9.59 Å². The van der Waals surface area contributed by atoms with Crippen LogP contribution in [0.4, 0.5) is 0 Å². The second-order valence-corrected chi connectivity index (χ2v) is 23.5. The maximum atomic E-state index is 13.5. The lowest BCUT2D eigenvalue weighted by atomic mass is 9.99. The van der Waals surface area contributed by atoms with Gasteiger partial charge in [0.05, 0.1) is 25.4 Å². The van der Waals surface area contributed by atoms with E-state index in [9.17, 15) is 35.1 Å². The molecule has 0 aliphatic carbocycles. The number of hydrogen-bond acceptors (Lipinski definition) is 10. The van der Waals surface area contributed by atoms with Gasteiger partial charge in [-0.1, -0.05) is 276 Å². The molecular formula is C76H127NO10. The van der Waals surface area contributed by atoms with E-state index in [1.165, 1.54) is 64.2 Å². The molecule has 1 fully saturated rings. The van der Waals surface area contributed by atoms with Gasteiger partial charge in [-0.05, 0) is 122 Å². The molecule has 0 aromatic carbocycles. The average Bonchev–Trinajstić information content (AvgIpc) is 1.30. The molecule has 0 bridgehead atoms. The Labute approximate surface area is 531 Å². The number of hydrogen-bond donors (Lipinski definition) is 6. The number of nitrogens with one attached hydrogen (secondary N) is 1. The molecule has 11 nitrogen and oxygen atoms in total. The van der Waals surface area contributed by atoms with Gasteiger partial charge in [0.15, 0.2) is 12.4 Å². The SMILES string of the molecule is CC/C=C\C/C=C\C/C=C\C/C=C\C/C=C\C/C=C\CCCCCCCC(O)C(=O)NC(COC1OC(CO)C(O)C(O)C1OC(=O)CCCCCCCCC/C=C\C/C=C\C/C=C\C/C=C\CCCCC)C(O)/C=C/CCCCCCCCCCC. The quantitative estimate of drug-likeness (QED) is 0.0195. The Morgan fingerprint density at radius 2 is 0.828 bits per heavy atom. The van der Waals surface area contributed by atoms with E-state index in [4.69, 9.17) is 14.2 Å². The van der Waals surface area contributed by atoms with Gasteiger partial charge in [-0.25, -0.2) is 0 Å².